The average Bonchev–Trinajstić information content (AvgIpc) is 3.57. The Labute approximate surface area is 209 Å². The van der Waals surface area contributed by atoms with Gasteiger partial charge in [-0.3, -0.25) is 4.79 Å². The minimum atomic E-state index is -0.453. The van der Waals surface area contributed by atoms with Crippen LogP contribution in [0.4, 0.5) is 0 Å². The Kier molecular flexibility index (Phi) is 5.69. The smallest absolute Gasteiger partial charge is 0.254 e. The SMILES string of the molecule is CN[C@H]1CN(C(=O)c2cc(OC)c3c(c2)nc(-c2cc4cccnc4n2CC2CC2)n3C)CC[C@H]1O. The number of fused-ring (bicyclic) bond motifs is 2. The summed E-state index contributed by atoms with van der Waals surface area (Å²) >= 11 is 0. The highest BCUT2D eigenvalue weighted by molar-refractivity contribution is 6.00. The van der Waals surface area contributed by atoms with Crippen molar-refractivity contribution in [2.75, 3.05) is 27.2 Å². The van der Waals surface area contributed by atoms with E-state index in [0.717, 1.165) is 34.6 Å². The molecule has 1 aliphatic carbocycles. The fourth-order valence-electron chi connectivity index (χ4n) is 5.42. The number of hydrogen-bond donors (Lipinski definition) is 2. The van der Waals surface area contributed by atoms with Gasteiger partial charge in [0.05, 0.1) is 30.5 Å². The van der Waals surface area contributed by atoms with Crippen LogP contribution in [0.5, 0.6) is 5.75 Å². The van der Waals surface area contributed by atoms with Gasteiger partial charge in [0.1, 0.15) is 16.9 Å². The second-order valence-corrected chi connectivity index (χ2v) is 10.0. The maximum absolute atomic E-state index is 13.5. The van der Waals surface area contributed by atoms with E-state index in [2.05, 4.69) is 27.0 Å². The van der Waals surface area contributed by atoms with Crippen LogP contribution < -0.4 is 10.1 Å². The largest absolute Gasteiger partial charge is 0.494 e. The maximum Gasteiger partial charge on any atom is 0.254 e. The lowest BCUT2D eigenvalue weighted by molar-refractivity contribution is 0.0396. The summed E-state index contributed by atoms with van der Waals surface area (Å²) in [6.07, 6.45) is 4.42. The predicted octanol–water partition coefficient (Wildman–Crippen LogP) is 2.80. The molecule has 4 aromatic rings. The molecule has 36 heavy (non-hydrogen) atoms. The van der Waals surface area contributed by atoms with Crippen LogP contribution in [0, 0.1) is 5.92 Å². The van der Waals surface area contributed by atoms with Crippen molar-refractivity contribution in [1.82, 2.24) is 29.3 Å². The molecule has 2 aliphatic rings. The number of nitrogens with one attached hydrogen (secondary N) is 1. The number of methoxy groups -OCH3 is 1. The highest BCUT2D eigenvalue weighted by atomic mass is 16.5. The molecule has 2 atom stereocenters. The number of carbonyl (C=O) groups is 1. The zero-order valence-corrected chi connectivity index (χ0v) is 20.9. The standard InChI is InChI=1S/C27H32N6O3/c1-28-20-15-32(10-8-22(20)34)27(35)18-11-19-24(23(13-18)36-3)31(2)26(30-19)21-12-17-5-4-9-29-25(17)33(21)14-16-6-7-16/h4-5,9,11-13,16,20,22,28,34H,6-8,10,14-15H2,1-3H3/t20-,22+/m0/s1. The number of aromatic nitrogens is 4. The molecule has 1 aromatic carbocycles. The number of pyridine rings is 1. The van der Waals surface area contributed by atoms with Crippen molar-refractivity contribution in [3.8, 4) is 17.3 Å². The molecule has 0 bridgehead atoms. The average molecular weight is 489 g/mol. The summed E-state index contributed by atoms with van der Waals surface area (Å²) in [7, 11) is 5.42. The monoisotopic (exact) mass is 488 g/mol. The summed E-state index contributed by atoms with van der Waals surface area (Å²) in [4.78, 5) is 24.9. The second-order valence-electron chi connectivity index (χ2n) is 10.0. The number of amides is 1. The molecule has 1 saturated heterocycles. The minimum Gasteiger partial charge on any atom is -0.494 e. The number of benzene rings is 1. The van der Waals surface area contributed by atoms with Crippen LogP contribution in [0.15, 0.2) is 36.5 Å². The van der Waals surface area contributed by atoms with Crippen LogP contribution in [0.25, 0.3) is 33.6 Å². The van der Waals surface area contributed by atoms with E-state index >= 15 is 0 Å². The van der Waals surface area contributed by atoms with Gasteiger partial charge >= 0.3 is 0 Å². The minimum absolute atomic E-state index is 0.0819. The van der Waals surface area contributed by atoms with Crippen LogP contribution >= 0.6 is 0 Å². The van der Waals surface area contributed by atoms with E-state index in [0.29, 0.717) is 42.3 Å². The number of aliphatic hydroxyl groups is 1. The molecule has 2 fully saturated rings. The molecule has 0 spiro atoms. The molecule has 4 heterocycles. The number of carbonyl (C=O) groups excluding carboxylic acids is 1. The Balaban J connectivity index is 1.43. The van der Waals surface area contributed by atoms with Gasteiger partial charge in [-0.1, -0.05) is 0 Å². The van der Waals surface area contributed by atoms with Crippen molar-refractivity contribution < 1.29 is 14.6 Å². The van der Waals surface area contributed by atoms with Crippen molar-refractivity contribution >= 4 is 28.0 Å². The third-order valence-corrected chi connectivity index (χ3v) is 7.66. The first-order valence-corrected chi connectivity index (χ1v) is 12.6. The van der Waals surface area contributed by atoms with Gasteiger partial charge in [-0.25, -0.2) is 9.97 Å². The summed E-state index contributed by atoms with van der Waals surface area (Å²) in [5, 5.41) is 14.4. The van der Waals surface area contributed by atoms with E-state index in [4.69, 9.17) is 9.72 Å². The van der Waals surface area contributed by atoms with Crippen LogP contribution in [0.2, 0.25) is 0 Å². The molecule has 0 unspecified atom stereocenters. The van der Waals surface area contributed by atoms with Crippen molar-refractivity contribution in [1.29, 1.82) is 0 Å². The number of rotatable bonds is 6. The molecule has 1 aliphatic heterocycles. The molecule has 1 saturated carbocycles. The topological polar surface area (TPSA) is 97.4 Å². The lowest BCUT2D eigenvalue weighted by atomic mass is 10.0. The van der Waals surface area contributed by atoms with Crippen molar-refractivity contribution in [3.05, 3.63) is 42.1 Å². The van der Waals surface area contributed by atoms with Crippen LogP contribution in [0.1, 0.15) is 29.6 Å². The summed E-state index contributed by atoms with van der Waals surface area (Å²) in [6, 6.07) is 9.72. The van der Waals surface area contributed by atoms with Gasteiger partial charge in [-0.2, -0.15) is 0 Å². The molecular formula is C27H32N6O3. The number of aliphatic hydroxyl groups excluding tert-OH is 1. The Morgan fingerprint density at radius 2 is 2.08 bits per heavy atom. The van der Waals surface area contributed by atoms with Crippen LogP contribution in [-0.2, 0) is 13.6 Å². The van der Waals surface area contributed by atoms with E-state index in [1.165, 1.54) is 12.8 Å². The molecule has 9 heteroatoms. The molecular weight excluding hydrogens is 456 g/mol. The summed E-state index contributed by atoms with van der Waals surface area (Å²) in [6.45, 7) is 1.90. The van der Waals surface area contributed by atoms with Gasteiger partial charge < -0.3 is 29.2 Å². The number of piperidine rings is 1. The third kappa shape index (κ3) is 3.83. The first-order chi connectivity index (χ1) is 17.5. The van der Waals surface area contributed by atoms with E-state index in [1.807, 2.05) is 37.0 Å². The zero-order chi connectivity index (χ0) is 25.0. The lowest BCUT2D eigenvalue weighted by Crippen LogP contribution is -2.54. The number of imidazole rings is 1. The molecule has 1 amide bonds. The number of hydrogen-bond acceptors (Lipinski definition) is 6. The highest BCUT2D eigenvalue weighted by Gasteiger charge is 2.31. The van der Waals surface area contributed by atoms with Gasteiger partial charge in [0.15, 0.2) is 5.82 Å². The Hall–Kier alpha value is -3.43. The van der Waals surface area contributed by atoms with Gasteiger partial charge in [0.2, 0.25) is 0 Å². The van der Waals surface area contributed by atoms with Gasteiger partial charge in [-0.15, -0.1) is 0 Å². The van der Waals surface area contributed by atoms with E-state index in [-0.39, 0.29) is 11.9 Å². The molecule has 9 nitrogen and oxygen atoms in total. The maximum atomic E-state index is 13.5. The zero-order valence-electron chi connectivity index (χ0n) is 20.9. The van der Waals surface area contributed by atoms with E-state index in [1.54, 1.807) is 18.1 Å². The van der Waals surface area contributed by atoms with Gasteiger partial charge in [0, 0.05) is 43.8 Å². The van der Waals surface area contributed by atoms with Crippen LogP contribution in [-0.4, -0.2) is 74.4 Å². The number of aryl methyl sites for hydroxylation is 1. The molecule has 2 N–H and O–H groups in total. The normalized spacial score (nSPS) is 20.4. The molecule has 3 aromatic heterocycles. The summed E-state index contributed by atoms with van der Waals surface area (Å²) in [5.41, 5.74) is 4.10. The highest BCUT2D eigenvalue weighted by Crippen LogP contribution is 2.37. The predicted molar refractivity (Wildman–Crippen MR) is 138 cm³/mol. The number of likely N-dealkylation sites (N-methyl/N-ethyl adjacent to an activating group) is 1. The third-order valence-electron chi connectivity index (χ3n) is 7.66. The molecule has 6 rings (SSSR count). The van der Waals surface area contributed by atoms with Crippen molar-refractivity contribution in [3.63, 3.8) is 0 Å². The number of ether oxygens (including phenoxy) is 1. The van der Waals surface area contributed by atoms with Crippen molar-refractivity contribution in [2.45, 2.75) is 38.0 Å². The fraction of sp³-hybridized carbons (Fsp3) is 0.444. The fourth-order valence-corrected chi connectivity index (χ4v) is 5.42. The first kappa shape index (κ1) is 23.0. The van der Waals surface area contributed by atoms with Crippen LogP contribution in [0.3, 0.4) is 0 Å². The Bertz CT molecular complexity index is 1450. The van der Waals surface area contributed by atoms with Gasteiger partial charge in [-0.05, 0) is 62.6 Å². The Morgan fingerprint density at radius 1 is 1.25 bits per heavy atom. The number of nitrogens with zero attached hydrogens (tertiary/aromatic N) is 5. The quantitative estimate of drug-likeness (QED) is 0.433. The van der Waals surface area contributed by atoms with Gasteiger partial charge in [0.25, 0.3) is 5.91 Å². The summed E-state index contributed by atoms with van der Waals surface area (Å²) in [5.74, 6) is 2.03. The first-order valence-electron chi connectivity index (χ1n) is 12.6. The molecule has 188 valence electrons. The second kappa shape index (κ2) is 8.90. The number of likely N-dealkylation sites (tertiary alicyclic amines) is 1. The lowest BCUT2D eigenvalue weighted by Gasteiger charge is -2.36. The molecule has 0 radical (unpaired) electrons. The summed E-state index contributed by atoms with van der Waals surface area (Å²) < 4.78 is 10.1. The van der Waals surface area contributed by atoms with E-state index in [9.17, 15) is 9.90 Å². The van der Waals surface area contributed by atoms with E-state index < -0.39 is 6.10 Å². The Morgan fingerprint density at radius 3 is 2.83 bits per heavy atom. The van der Waals surface area contributed by atoms with Crippen molar-refractivity contribution in [2.24, 2.45) is 13.0 Å².